The van der Waals surface area contributed by atoms with Crippen LogP contribution in [-0.4, -0.2) is 22.9 Å². The van der Waals surface area contributed by atoms with E-state index in [4.69, 9.17) is 0 Å². The van der Waals surface area contributed by atoms with Crippen LogP contribution in [0.4, 0.5) is 8.78 Å². The molecule has 1 aliphatic heterocycles. The molecule has 1 N–H and O–H groups in total. The average Bonchev–Trinajstić information content (AvgIpc) is 2.61. The number of alkyl halides is 2. The Morgan fingerprint density at radius 2 is 2.19 bits per heavy atom. The lowest BCUT2D eigenvalue weighted by Gasteiger charge is -2.22. The maximum absolute atomic E-state index is 12.7. The van der Waals surface area contributed by atoms with Gasteiger partial charge in [-0.1, -0.05) is 0 Å². The van der Waals surface area contributed by atoms with Crippen LogP contribution < -0.4 is 5.32 Å². The number of hydrogen-bond acceptors (Lipinski definition) is 2. The summed E-state index contributed by atoms with van der Waals surface area (Å²) in [5.41, 5.74) is 0.672. The Hall–Kier alpha value is -0.970. The second-order valence-electron chi connectivity index (χ2n) is 4.41. The molecule has 0 aliphatic carbocycles. The van der Waals surface area contributed by atoms with E-state index in [2.05, 4.69) is 10.4 Å². The second-order valence-corrected chi connectivity index (χ2v) is 4.41. The first-order valence-corrected chi connectivity index (χ1v) is 5.68. The van der Waals surface area contributed by atoms with E-state index in [-0.39, 0.29) is 5.69 Å². The predicted molar refractivity (Wildman–Crippen MR) is 57.5 cm³/mol. The minimum Gasteiger partial charge on any atom is -0.317 e. The van der Waals surface area contributed by atoms with Crippen molar-refractivity contribution in [1.82, 2.24) is 15.1 Å². The topological polar surface area (TPSA) is 29.9 Å². The first-order chi connectivity index (χ1) is 7.66. The van der Waals surface area contributed by atoms with Crippen molar-refractivity contribution >= 4 is 0 Å². The van der Waals surface area contributed by atoms with Crippen molar-refractivity contribution in [1.29, 1.82) is 0 Å². The molecule has 5 heteroatoms. The number of rotatable bonds is 3. The summed E-state index contributed by atoms with van der Waals surface area (Å²) in [6.45, 7) is 1.99. The highest BCUT2D eigenvalue weighted by Gasteiger charge is 2.21. The van der Waals surface area contributed by atoms with E-state index in [1.165, 1.54) is 4.68 Å². The van der Waals surface area contributed by atoms with Crippen LogP contribution in [0.3, 0.4) is 0 Å². The zero-order valence-electron chi connectivity index (χ0n) is 9.42. The van der Waals surface area contributed by atoms with Crippen LogP contribution in [0.1, 0.15) is 30.5 Å². The van der Waals surface area contributed by atoms with Gasteiger partial charge in [-0.05, 0) is 43.8 Å². The molecule has 1 aromatic heterocycles. The van der Waals surface area contributed by atoms with Gasteiger partial charge in [0.2, 0.25) is 0 Å². The molecule has 0 amide bonds. The molecule has 0 radical (unpaired) electrons. The van der Waals surface area contributed by atoms with E-state index >= 15 is 0 Å². The third-order valence-electron chi connectivity index (χ3n) is 3.11. The average molecular weight is 229 g/mol. The normalized spacial score (nSPS) is 18.2. The number of aromatic nitrogens is 2. The molecule has 0 bridgehead atoms. The van der Waals surface area contributed by atoms with Gasteiger partial charge in [-0.25, -0.2) is 8.78 Å². The molecule has 2 rings (SSSR count). The molecule has 0 atom stereocenters. The lowest BCUT2D eigenvalue weighted by Crippen LogP contribution is -2.28. The van der Waals surface area contributed by atoms with Crippen molar-refractivity contribution in [3.05, 3.63) is 17.5 Å². The zero-order chi connectivity index (χ0) is 11.5. The highest BCUT2D eigenvalue weighted by molar-refractivity contribution is 5.19. The van der Waals surface area contributed by atoms with Gasteiger partial charge in [-0.2, -0.15) is 5.10 Å². The van der Waals surface area contributed by atoms with Crippen LogP contribution in [0.2, 0.25) is 0 Å². The summed E-state index contributed by atoms with van der Waals surface area (Å²) in [4.78, 5) is 0. The Morgan fingerprint density at radius 1 is 1.50 bits per heavy atom. The maximum Gasteiger partial charge on any atom is 0.282 e. The van der Waals surface area contributed by atoms with Crippen molar-refractivity contribution in [2.75, 3.05) is 13.1 Å². The van der Waals surface area contributed by atoms with Gasteiger partial charge in [-0.3, -0.25) is 4.68 Å². The minimum atomic E-state index is -2.46. The number of nitrogens with zero attached hydrogens (tertiary/aromatic N) is 2. The third kappa shape index (κ3) is 2.58. The van der Waals surface area contributed by atoms with Crippen LogP contribution >= 0.6 is 0 Å². The minimum absolute atomic E-state index is 0.0407. The van der Waals surface area contributed by atoms with E-state index in [0.717, 1.165) is 32.4 Å². The summed E-state index contributed by atoms with van der Waals surface area (Å²) >= 11 is 0. The molecule has 1 aromatic rings. The van der Waals surface area contributed by atoms with Gasteiger partial charge in [-0.15, -0.1) is 0 Å². The van der Waals surface area contributed by atoms with E-state index in [1.807, 2.05) is 0 Å². The van der Waals surface area contributed by atoms with Crippen molar-refractivity contribution in [2.24, 2.45) is 13.0 Å². The summed E-state index contributed by atoms with van der Waals surface area (Å²) < 4.78 is 26.9. The number of piperidine rings is 1. The van der Waals surface area contributed by atoms with Gasteiger partial charge < -0.3 is 5.32 Å². The molecule has 2 heterocycles. The molecule has 0 unspecified atom stereocenters. The molecule has 1 aliphatic rings. The van der Waals surface area contributed by atoms with Crippen molar-refractivity contribution in [2.45, 2.75) is 25.7 Å². The fourth-order valence-electron chi connectivity index (χ4n) is 2.29. The Bertz CT molecular complexity index is 343. The second kappa shape index (κ2) is 4.91. The van der Waals surface area contributed by atoms with Crippen LogP contribution in [0.25, 0.3) is 0 Å². The summed E-state index contributed by atoms with van der Waals surface area (Å²) in [6, 6.07) is 0. The smallest absolute Gasteiger partial charge is 0.282 e. The Kier molecular flexibility index (Phi) is 3.53. The summed E-state index contributed by atoms with van der Waals surface area (Å²) in [6.07, 6.45) is 2.13. The Labute approximate surface area is 93.8 Å². The molecule has 3 nitrogen and oxygen atoms in total. The van der Waals surface area contributed by atoms with E-state index in [0.29, 0.717) is 11.5 Å². The summed E-state index contributed by atoms with van der Waals surface area (Å²) in [5.74, 6) is 0.517. The Balaban J connectivity index is 2.07. The van der Waals surface area contributed by atoms with Gasteiger partial charge in [0.05, 0.1) is 0 Å². The predicted octanol–water partition coefficient (Wildman–Crippen LogP) is 1.90. The lowest BCUT2D eigenvalue weighted by atomic mass is 9.91. The molecule has 0 aromatic carbocycles. The van der Waals surface area contributed by atoms with Gasteiger partial charge in [0.1, 0.15) is 5.69 Å². The van der Waals surface area contributed by atoms with Crippen LogP contribution in [0.5, 0.6) is 0 Å². The van der Waals surface area contributed by atoms with Crippen LogP contribution in [0.15, 0.2) is 6.20 Å². The largest absolute Gasteiger partial charge is 0.317 e. The molecule has 90 valence electrons. The van der Waals surface area contributed by atoms with Crippen molar-refractivity contribution in [3.63, 3.8) is 0 Å². The van der Waals surface area contributed by atoms with E-state index in [1.54, 1.807) is 13.2 Å². The lowest BCUT2D eigenvalue weighted by molar-refractivity contribution is 0.143. The summed E-state index contributed by atoms with van der Waals surface area (Å²) in [7, 11) is 1.69. The van der Waals surface area contributed by atoms with Gasteiger partial charge in [0.15, 0.2) is 0 Å². The molecule has 1 saturated heterocycles. The number of aryl methyl sites for hydroxylation is 1. The first-order valence-electron chi connectivity index (χ1n) is 5.68. The van der Waals surface area contributed by atoms with Crippen LogP contribution in [0, 0.1) is 5.92 Å². The van der Waals surface area contributed by atoms with Gasteiger partial charge >= 0.3 is 0 Å². The molecule has 0 spiro atoms. The van der Waals surface area contributed by atoms with E-state index < -0.39 is 6.43 Å². The van der Waals surface area contributed by atoms with Gasteiger partial charge in [0.25, 0.3) is 6.43 Å². The van der Waals surface area contributed by atoms with Crippen molar-refractivity contribution < 1.29 is 8.78 Å². The maximum atomic E-state index is 12.7. The highest BCUT2D eigenvalue weighted by atomic mass is 19.3. The molecule has 16 heavy (non-hydrogen) atoms. The highest BCUT2D eigenvalue weighted by Crippen LogP contribution is 2.25. The quantitative estimate of drug-likeness (QED) is 0.858. The van der Waals surface area contributed by atoms with Crippen molar-refractivity contribution in [3.8, 4) is 0 Å². The fourth-order valence-corrected chi connectivity index (χ4v) is 2.29. The molecule has 1 fully saturated rings. The number of nitrogens with one attached hydrogen (secondary N) is 1. The van der Waals surface area contributed by atoms with Crippen LogP contribution in [-0.2, 0) is 13.5 Å². The molecular formula is C11H17F2N3. The number of halogens is 2. The molecular weight excluding hydrogens is 212 g/mol. The summed E-state index contributed by atoms with van der Waals surface area (Å²) in [5, 5.41) is 7.10. The van der Waals surface area contributed by atoms with Gasteiger partial charge in [0, 0.05) is 13.2 Å². The standard InChI is InChI=1S/C11H17F2N3/c1-16-7-9(10(15-16)11(12)13)6-8-2-4-14-5-3-8/h7-8,11,14H,2-6H2,1H3. The zero-order valence-corrected chi connectivity index (χ0v) is 9.42. The number of hydrogen-bond donors (Lipinski definition) is 1. The van der Waals surface area contributed by atoms with E-state index in [9.17, 15) is 8.78 Å². The Morgan fingerprint density at radius 3 is 2.81 bits per heavy atom. The monoisotopic (exact) mass is 229 g/mol. The molecule has 0 saturated carbocycles. The SMILES string of the molecule is Cn1cc(CC2CCNCC2)c(C(F)F)n1. The first kappa shape index (κ1) is 11.5. The third-order valence-corrected chi connectivity index (χ3v) is 3.11. The fraction of sp³-hybridized carbons (Fsp3) is 0.727.